The predicted molar refractivity (Wildman–Crippen MR) is 87.8 cm³/mol. The van der Waals surface area contributed by atoms with E-state index in [1.165, 1.54) is 6.42 Å². The lowest BCUT2D eigenvalue weighted by Gasteiger charge is -2.37. The summed E-state index contributed by atoms with van der Waals surface area (Å²) in [6.07, 6.45) is 6.10. The summed E-state index contributed by atoms with van der Waals surface area (Å²) in [4.78, 5) is 27.2. The van der Waals surface area contributed by atoms with Crippen LogP contribution in [-0.4, -0.2) is 29.3 Å². The van der Waals surface area contributed by atoms with Gasteiger partial charge < -0.3 is 15.3 Å². The molecule has 7 heteroatoms. The Hall–Kier alpha value is -2.15. The Morgan fingerprint density at radius 1 is 1.29 bits per heavy atom. The normalized spacial score (nSPS) is 16.4. The van der Waals surface area contributed by atoms with Crippen molar-refractivity contribution in [1.82, 2.24) is 5.32 Å². The van der Waals surface area contributed by atoms with Crippen LogP contribution in [0.2, 0.25) is 0 Å². The lowest BCUT2D eigenvalue weighted by atomic mass is 9.72. The minimum atomic E-state index is -0.868. The van der Waals surface area contributed by atoms with Gasteiger partial charge in [-0.3, -0.25) is 4.79 Å². The number of hydrogen-bond donors (Lipinski definition) is 2. The van der Waals surface area contributed by atoms with E-state index in [1.807, 2.05) is 0 Å². The number of carbonyl (C=O) groups excluding carboxylic acids is 1. The van der Waals surface area contributed by atoms with Gasteiger partial charge in [-0.2, -0.15) is 0 Å². The molecule has 2 rings (SSSR count). The molecule has 0 aromatic heterocycles. The van der Waals surface area contributed by atoms with Crippen LogP contribution in [0.1, 0.15) is 54.4 Å². The van der Waals surface area contributed by atoms with Gasteiger partial charge in [0, 0.05) is 18.7 Å². The molecule has 1 fully saturated rings. The quantitative estimate of drug-likeness (QED) is 0.561. The minimum absolute atomic E-state index is 0.0467. The third kappa shape index (κ3) is 4.92. The van der Waals surface area contributed by atoms with Crippen molar-refractivity contribution in [3.63, 3.8) is 0 Å². The minimum Gasteiger partial charge on any atom is -0.396 e. The van der Waals surface area contributed by atoms with Crippen molar-refractivity contribution in [3.05, 3.63) is 45.5 Å². The molecule has 0 atom stereocenters. The summed E-state index contributed by atoms with van der Waals surface area (Å²) in [5.41, 5.74) is 0.815. The molecule has 1 saturated carbocycles. The average Bonchev–Trinajstić information content (AvgIpc) is 2.59. The third-order valence-corrected chi connectivity index (χ3v) is 4.77. The predicted octanol–water partition coefficient (Wildman–Crippen LogP) is 2.46. The molecule has 1 aromatic rings. The summed E-state index contributed by atoms with van der Waals surface area (Å²) in [6.45, 7) is 0.373. The number of hydrogen-bond acceptors (Lipinski definition) is 5. The molecule has 7 nitrogen and oxygen atoms in total. The van der Waals surface area contributed by atoms with E-state index in [2.05, 4.69) is 10.2 Å². The first-order valence-corrected chi connectivity index (χ1v) is 8.31. The van der Waals surface area contributed by atoms with Gasteiger partial charge in [-0.1, -0.05) is 37.5 Å². The van der Waals surface area contributed by atoms with Gasteiger partial charge in [0.15, 0.2) is 0 Å². The van der Waals surface area contributed by atoms with E-state index in [0.29, 0.717) is 24.1 Å². The maximum Gasteiger partial charge on any atom is 0.294 e. The van der Waals surface area contributed by atoms with Crippen molar-refractivity contribution in [1.29, 1.82) is 0 Å². The van der Waals surface area contributed by atoms with Crippen molar-refractivity contribution in [2.45, 2.75) is 45.1 Å². The highest BCUT2D eigenvalue weighted by Crippen LogP contribution is 2.38. The molecule has 1 aromatic carbocycles. The van der Waals surface area contributed by atoms with Crippen LogP contribution in [0.5, 0.6) is 0 Å². The Labute approximate surface area is 141 Å². The standard InChI is InChI=1S/C17H24N2O5/c20-11-10-17(8-4-1-5-9-17)13-18-16(21)15-7-3-2-6-14(15)12-24-19(22)23/h2-3,6-7,20H,1,4-5,8-13H2,(H,18,21). The van der Waals surface area contributed by atoms with E-state index < -0.39 is 5.09 Å². The van der Waals surface area contributed by atoms with E-state index in [4.69, 9.17) is 0 Å². The van der Waals surface area contributed by atoms with Crippen LogP contribution in [0.15, 0.2) is 24.3 Å². The first kappa shape index (κ1) is 18.2. The van der Waals surface area contributed by atoms with Gasteiger partial charge in [0.2, 0.25) is 0 Å². The fraction of sp³-hybridized carbons (Fsp3) is 0.588. The van der Waals surface area contributed by atoms with Crippen LogP contribution in [0, 0.1) is 15.5 Å². The fourth-order valence-electron chi connectivity index (χ4n) is 3.41. The summed E-state index contributed by atoms with van der Waals surface area (Å²) >= 11 is 0. The molecule has 1 aliphatic carbocycles. The average molecular weight is 336 g/mol. The monoisotopic (exact) mass is 336 g/mol. The summed E-state index contributed by atoms with van der Waals surface area (Å²) < 4.78 is 0. The van der Waals surface area contributed by atoms with E-state index in [9.17, 15) is 20.0 Å². The van der Waals surface area contributed by atoms with Crippen LogP contribution < -0.4 is 5.32 Å². The molecule has 0 bridgehead atoms. The van der Waals surface area contributed by atoms with Gasteiger partial charge in [-0.15, -0.1) is 10.1 Å². The summed E-state index contributed by atoms with van der Waals surface area (Å²) in [7, 11) is 0. The largest absolute Gasteiger partial charge is 0.396 e. The number of aliphatic hydroxyl groups is 1. The van der Waals surface area contributed by atoms with E-state index in [0.717, 1.165) is 25.7 Å². The first-order valence-electron chi connectivity index (χ1n) is 8.31. The Kier molecular flexibility index (Phi) is 6.54. The Bertz CT molecular complexity index is 564. The second-order valence-electron chi connectivity index (χ2n) is 6.37. The maximum absolute atomic E-state index is 12.5. The van der Waals surface area contributed by atoms with Crippen LogP contribution >= 0.6 is 0 Å². The van der Waals surface area contributed by atoms with E-state index in [1.54, 1.807) is 24.3 Å². The maximum atomic E-state index is 12.5. The van der Waals surface area contributed by atoms with Gasteiger partial charge in [0.25, 0.3) is 11.0 Å². The smallest absolute Gasteiger partial charge is 0.294 e. The number of rotatable bonds is 8. The van der Waals surface area contributed by atoms with Gasteiger partial charge in [-0.25, -0.2) is 0 Å². The van der Waals surface area contributed by atoms with Gasteiger partial charge in [0.05, 0.1) is 0 Å². The SMILES string of the molecule is O=C(NCC1(CCO)CCCCC1)c1ccccc1CO[N+](=O)[O-]. The molecule has 0 heterocycles. The molecule has 0 aliphatic heterocycles. The Morgan fingerprint density at radius 3 is 2.67 bits per heavy atom. The van der Waals surface area contributed by atoms with E-state index >= 15 is 0 Å². The van der Waals surface area contributed by atoms with Crippen LogP contribution in [0.4, 0.5) is 0 Å². The molecule has 24 heavy (non-hydrogen) atoms. The molecular formula is C17H24N2O5. The molecule has 0 saturated heterocycles. The van der Waals surface area contributed by atoms with E-state index in [-0.39, 0.29) is 24.5 Å². The van der Waals surface area contributed by atoms with Crippen LogP contribution in [0.25, 0.3) is 0 Å². The van der Waals surface area contributed by atoms with Crippen molar-refractivity contribution in [2.75, 3.05) is 13.2 Å². The molecule has 0 spiro atoms. The number of benzene rings is 1. The van der Waals surface area contributed by atoms with Gasteiger partial charge >= 0.3 is 0 Å². The number of amides is 1. The molecule has 1 aliphatic rings. The summed E-state index contributed by atoms with van der Waals surface area (Å²) in [5, 5.41) is 21.8. The van der Waals surface area contributed by atoms with Gasteiger partial charge in [-0.05, 0) is 36.3 Å². The highest BCUT2D eigenvalue weighted by Gasteiger charge is 2.32. The van der Waals surface area contributed by atoms with Crippen molar-refractivity contribution in [3.8, 4) is 0 Å². The molecule has 2 N–H and O–H groups in total. The zero-order chi connectivity index (χ0) is 17.4. The fourth-order valence-corrected chi connectivity index (χ4v) is 3.41. The van der Waals surface area contributed by atoms with Crippen molar-refractivity contribution >= 4 is 5.91 Å². The Balaban J connectivity index is 2.02. The number of aliphatic hydroxyl groups excluding tert-OH is 1. The lowest BCUT2D eigenvalue weighted by molar-refractivity contribution is -0.763. The second-order valence-corrected chi connectivity index (χ2v) is 6.37. The number of nitrogens with zero attached hydrogens (tertiary/aromatic N) is 1. The number of nitrogens with one attached hydrogen (secondary N) is 1. The van der Waals surface area contributed by atoms with Crippen molar-refractivity contribution in [2.24, 2.45) is 5.41 Å². The molecule has 1 amide bonds. The van der Waals surface area contributed by atoms with Crippen molar-refractivity contribution < 1.29 is 19.8 Å². The highest BCUT2D eigenvalue weighted by atomic mass is 16.9. The first-order chi connectivity index (χ1) is 11.6. The zero-order valence-corrected chi connectivity index (χ0v) is 13.7. The molecule has 132 valence electrons. The highest BCUT2D eigenvalue weighted by molar-refractivity contribution is 5.95. The second kappa shape index (κ2) is 8.63. The summed E-state index contributed by atoms with van der Waals surface area (Å²) in [5.74, 6) is -0.263. The molecule has 0 radical (unpaired) electrons. The van der Waals surface area contributed by atoms with Crippen LogP contribution in [0.3, 0.4) is 0 Å². The Morgan fingerprint density at radius 2 is 2.00 bits per heavy atom. The lowest BCUT2D eigenvalue weighted by Crippen LogP contribution is -2.40. The molecular weight excluding hydrogens is 312 g/mol. The number of carbonyl (C=O) groups is 1. The molecule has 0 unspecified atom stereocenters. The summed E-state index contributed by atoms with van der Waals surface area (Å²) in [6, 6.07) is 6.70. The van der Waals surface area contributed by atoms with Crippen LogP contribution in [-0.2, 0) is 11.4 Å². The topological polar surface area (TPSA) is 102 Å². The zero-order valence-electron chi connectivity index (χ0n) is 13.7. The third-order valence-electron chi connectivity index (χ3n) is 4.77. The van der Waals surface area contributed by atoms with Gasteiger partial charge in [0.1, 0.15) is 6.61 Å².